The number of rotatable bonds is 4. The van der Waals surface area contributed by atoms with Crippen LogP contribution in [-0.2, 0) is 13.6 Å². The normalized spacial score (nSPS) is 15.8. The van der Waals surface area contributed by atoms with Crippen LogP contribution in [0.15, 0.2) is 53.5 Å². The Morgan fingerprint density at radius 1 is 1.14 bits per heavy atom. The van der Waals surface area contributed by atoms with Crippen molar-refractivity contribution in [1.82, 2.24) is 20.2 Å². The van der Waals surface area contributed by atoms with Crippen molar-refractivity contribution in [2.45, 2.75) is 12.6 Å². The molecule has 0 radical (unpaired) electrons. The van der Waals surface area contributed by atoms with Gasteiger partial charge in [0, 0.05) is 14.1 Å². The second kappa shape index (κ2) is 9.13. The number of aryl methyl sites for hydroxylation is 1. The third kappa shape index (κ3) is 4.32. The van der Waals surface area contributed by atoms with Crippen LogP contribution in [0.4, 0.5) is 0 Å². The van der Waals surface area contributed by atoms with Gasteiger partial charge in [0.25, 0.3) is 0 Å². The van der Waals surface area contributed by atoms with E-state index in [-0.39, 0.29) is 30.1 Å². The Kier molecular flexibility index (Phi) is 6.61. The number of aliphatic imine (C=N–C) groups is 1. The van der Waals surface area contributed by atoms with Crippen LogP contribution in [0.1, 0.15) is 5.82 Å². The highest BCUT2D eigenvalue weighted by Gasteiger charge is 2.20. The summed E-state index contributed by atoms with van der Waals surface area (Å²) in [7, 11) is 3.77. The minimum Gasteiger partial charge on any atom is -0.486 e. The first-order chi connectivity index (χ1) is 13.2. The fraction of sp³-hybridized carbons (Fsp3) is 0.300. The molecule has 2 heterocycles. The first-order valence-corrected chi connectivity index (χ1v) is 8.98. The molecule has 2 aromatic carbocycles. The van der Waals surface area contributed by atoms with Gasteiger partial charge in [-0.3, -0.25) is 4.99 Å². The molecule has 7 nitrogen and oxygen atoms in total. The maximum atomic E-state index is 5.96. The Balaban J connectivity index is 0.00000225. The van der Waals surface area contributed by atoms with E-state index in [4.69, 9.17) is 9.47 Å². The van der Waals surface area contributed by atoms with Crippen LogP contribution < -0.4 is 20.1 Å². The summed E-state index contributed by atoms with van der Waals surface area (Å²) in [6.07, 6.45) is -0.0748. The van der Waals surface area contributed by atoms with Crippen LogP contribution >= 0.6 is 24.0 Å². The molecule has 0 amide bonds. The van der Waals surface area contributed by atoms with Gasteiger partial charge >= 0.3 is 0 Å². The van der Waals surface area contributed by atoms with Crippen LogP contribution in [0.2, 0.25) is 0 Å². The van der Waals surface area contributed by atoms with E-state index in [9.17, 15) is 0 Å². The number of nitrogens with zero attached hydrogens (tertiary/aromatic N) is 3. The number of hydrogen-bond acceptors (Lipinski definition) is 4. The van der Waals surface area contributed by atoms with Crippen LogP contribution in [0, 0.1) is 0 Å². The summed E-state index contributed by atoms with van der Waals surface area (Å²) in [6.45, 7) is 1.68. The third-order valence-electron chi connectivity index (χ3n) is 4.58. The molecule has 4 rings (SSSR count). The molecule has 0 saturated heterocycles. The quantitative estimate of drug-likeness (QED) is 0.332. The molecule has 1 unspecified atom stereocenters. The molecule has 1 atom stereocenters. The molecule has 0 saturated carbocycles. The molecule has 1 aliphatic rings. The second-order valence-electron chi connectivity index (χ2n) is 6.38. The highest BCUT2D eigenvalue weighted by atomic mass is 127. The van der Waals surface area contributed by atoms with Crippen molar-refractivity contribution in [2.24, 2.45) is 12.0 Å². The standard InChI is InChI=1S/C20H23N5O2.HI/c1-21-20(22-11-14-13-26-17-9-5-6-10-18(17)27-14)23-12-19-24-15-7-3-4-8-16(15)25(19)2;/h3-10,14H,11-13H2,1-2H3,(H2,21,22,23);1H. The fourth-order valence-corrected chi connectivity index (χ4v) is 3.11. The number of imidazole rings is 1. The number of para-hydroxylation sites is 4. The van der Waals surface area contributed by atoms with E-state index >= 15 is 0 Å². The van der Waals surface area contributed by atoms with E-state index < -0.39 is 0 Å². The monoisotopic (exact) mass is 493 g/mol. The highest BCUT2D eigenvalue weighted by Crippen LogP contribution is 2.30. The Bertz CT molecular complexity index is 972. The van der Waals surface area contributed by atoms with Crippen LogP contribution in [0.25, 0.3) is 11.0 Å². The summed E-state index contributed by atoms with van der Waals surface area (Å²) >= 11 is 0. The zero-order valence-corrected chi connectivity index (χ0v) is 18.2. The molecular formula is C20H24IN5O2. The number of aromatic nitrogens is 2. The molecular weight excluding hydrogens is 469 g/mol. The molecule has 0 fully saturated rings. The first kappa shape index (κ1) is 20.2. The average molecular weight is 493 g/mol. The van der Waals surface area contributed by atoms with Gasteiger partial charge in [-0.1, -0.05) is 24.3 Å². The largest absolute Gasteiger partial charge is 0.486 e. The number of fused-ring (bicyclic) bond motifs is 2. The number of halogens is 1. The molecule has 8 heteroatoms. The van der Waals surface area contributed by atoms with Crippen LogP contribution in [0.3, 0.4) is 0 Å². The highest BCUT2D eigenvalue weighted by molar-refractivity contribution is 14.0. The van der Waals surface area contributed by atoms with Gasteiger partial charge in [-0.15, -0.1) is 24.0 Å². The van der Waals surface area contributed by atoms with E-state index in [2.05, 4.69) is 31.2 Å². The average Bonchev–Trinajstić information content (AvgIpc) is 3.04. The summed E-state index contributed by atoms with van der Waals surface area (Å²) in [4.78, 5) is 8.94. The maximum Gasteiger partial charge on any atom is 0.191 e. The Labute approximate surface area is 181 Å². The lowest BCUT2D eigenvalue weighted by molar-refractivity contribution is 0.0936. The van der Waals surface area contributed by atoms with Crippen molar-refractivity contribution in [3.8, 4) is 11.5 Å². The van der Waals surface area contributed by atoms with Gasteiger partial charge < -0.3 is 24.7 Å². The second-order valence-corrected chi connectivity index (χ2v) is 6.38. The number of benzene rings is 2. The number of ether oxygens (including phenoxy) is 2. The van der Waals surface area contributed by atoms with E-state index in [1.165, 1.54) is 0 Å². The maximum absolute atomic E-state index is 5.96. The van der Waals surface area contributed by atoms with Gasteiger partial charge in [-0.05, 0) is 24.3 Å². The lowest BCUT2D eigenvalue weighted by Crippen LogP contribution is -2.45. The lowest BCUT2D eigenvalue weighted by atomic mass is 10.2. The molecule has 3 aromatic rings. The van der Waals surface area contributed by atoms with Crippen molar-refractivity contribution in [2.75, 3.05) is 20.2 Å². The van der Waals surface area contributed by atoms with Gasteiger partial charge in [-0.25, -0.2) is 4.98 Å². The topological polar surface area (TPSA) is 72.7 Å². The predicted molar refractivity (Wildman–Crippen MR) is 121 cm³/mol. The van der Waals surface area contributed by atoms with Crippen LogP contribution in [-0.4, -0.2) is 41.8 Å². The summed E-state index contributed by atoms with van der Waals surface area (Å²) in [5.74, 6) is 3.21. The van der Waals surface area contributed by atoms with Crippen LogP contribution in [0.5, 0.6) is 11.5 Å². The first-order valence-electron chi connectivity index (χ1n) is 8.98. The van der Waals surface area contributed by atoms with Gasteiger partial charge in [0.15, 0.2) is 17.5 Å². The SMILES string of the molecule is CN=C(NCc1nc2ccccc2n1C)NCC1COc2ccccc2O1.I. The molecule has 0 bridgehead atoms. The molecule has 1 aliphatic heterocycles. The Morgan fingerprint density at radius 3 is 2.68 bits per heavy atom. The van der Waals surface area contributed by atoms with Gasteiger partial charge in [0.05, 0.1) is 24.1 Å². The molecule has 148 valence electrons. The number of hydrogen-bond donors (Lipinski definition) is 2. The van der Waals surface area contributed by atoms with Crippen molar-refractivity contribution in [1.29, 1.82) is 0 Å². The molecule has 0 aliphatic carbocycles. The van der Waals surface area contributed by atoms with Crippen molar-refractivity contribution < 1.29 is 9.47 Å². The Hall–Kier alpha value is -2.49. The molecule has 28 heavy (non-hydrogen) atoms. The van der Waals surface area contributed by atoms with Crippen molar-refractivity contribution in [3.05, 3.63) is 54.4 Å². The number of guanidine groups is 1. The van der Waals surface area contributed by atoms with Crippen molar-refractivity contribution >= 4 is 41.0 Å². The predicted octanol–water partition coefficient (Wildman–Crippen LogP) is 2.70. The van der Waals surface area contributed by atoms with E-state index in [1.807, 2.05) is 49.5 Å². The smallest absolute Gasteiger partial charge is 0.191 e. The summed E-state index contributed by atoms with van der Waals surface area (Å²) < 4.78 is 13.8. The molecule has 2 N–H and O–H groups in total. The minimum absolute atomic E-state index is 0. The van der Waals surface area contributed by atoms with E-state index in [0.717, 1.165) is 28.4 Å². The summed E-state index contributed by atoms with van der Waals surface area (Å²) in [6, 6.07) is 15.8. The third-order valence-corrected chi connectivity index (χ3v) is 4.58. The van der Waals surface area contributed by atoms with E-state index in [1.54, 1.807) is 7.05 Å². The van der Waals surface area contributed by atoms with Gasteiger partial charge in [-0.2, -0.15) is 0 Å². The summed E-state index contributed by atoms with van der Waals surface area (Å²) in [5, 5.41) is 6.60. The lowest BCUT2D eigenvalue weighted by Gasteiger charge is -2.27. The zero-order chi connectivity index (χ0) is 18.6. The fourth-order valence-electron chi connectivity index (χ4n) is 3.11. The van der Waals surface area contributed by atoms with Crippen molar-refractivity contribution in [3.63, 3.8) is 0 Å². The number of nitrogens with one attached hydrogen (secondary N) is 2. The summed E-state index contributed by atoms with van der Waals surface area (Å²) in [5.41, 5.74) is 2.11. The van der Waals surface area contributed by atoms with Gasteiger partial charge in [0.2, 0.25) is 0 Å². The Morgan fingerprint density at radius 2 is 1.89 bits per heavy atom. The minimum atomic E-state index is -0.0748. The molecule has 0 spiro atoms. The van der Waals surface area contributed by atoms with Gasteiger partial charge in [0.1, 0.15) is 18.5 Å². The molecule has 1 aromatic heterocycles. The van der Waals surface area contributed by atoms with E-state index in [0.29, 0.717) is 25.7 Å². The zero-order valence-electron chi connectivity index (χ0n) is 15.9.